The zero-order valence-electron chi connectivity index (χ0n) is 14.7. The van der Waals surface area contributed by atoms with Crippen molar-refractivity contribution in [3.8, 4) is 0 Å². The van der Waals surface area contributed by atoms with Crippen molar-refractivity contribution in [3.05, 3.63) is 40.0 Å². The molecule has 1 aliphatic heterocycles. The molecule has 7 nitrogen and oxygen atoms in total. The predicted octanol–water partition coefficient (Wildman–Crippen LogP) is 2.11. The molecular weight excluding hydrogens is 350 g/mol. The molecule has 138 valence electrons. The third-order valence-electron chi connectivity index (χ3n) is 4.24. The molecule has 0 unspecified atom stereocenters. The van der Waals surface area contributed by atoms with Gasteiger partial charge in [0.2, 0.25) is 5.91 Å². The number of pyridine rings is 1. The third kappa shape index (κ3) is 4.78. The number of hydrogen-bond acceptors (Lipinski definition) is 6. The summed E-state index contributed by atoms with van der Waals surface area (Å²) in [5.41, 5.74) is 1.52. The first-order valence-electron chi connectivity index (χ1n) is 8.87. The molecule has 3 N–H and O–H groups in total. The maximum atomic E-state index is 12.2. The predicted molar refractivity (Wildman–Crippen MR) is 101 cm³/mol. The van der Waals surface area contributed by atoms with Crippen LogP contribution in [0.4, 0.5) is 5.82 Å². The summed E-state index contributed by atoms with van der Waals surface area (Å²) in [6, 6.07) is 3.16. The van der Waals surface area contributed by atoms with Crippen LogP contribution in [0.5, 0.6) is 0 Å². The Balaban J connectivity index is 1.54. The van der Waals surface area contributed by atoms with Gasteiger partial charge in [0, 0.05) is 18.1 Å². The van der Waals surface area contributed by atoms with Gasteiger partial charge in [-0.1, -0.05) is 6.92 Å². The average molecular weight is 373 g/mol. The number of aryl methyl sites for hydroxylation is 1. The number of nitrogens with one attached hydrogen (secondary N) is 3. The highest BCUT2D eigenvalue weighted by Crippen LogP contribution is 2.13. The van der Waals surface area contributed by atoms with E-state index in [1.807, 2.05) is 5.38 Å². The first-order valence-corrected chi connectivity index (χ1v) is 9.75. The SMILES string of the molecule is CCc1csc(CNC(=O)c2ccc(N[C@H]3CCCCNC3=O)nc2)n1. The molecule has 0 spiro atoms. The van der Waals surface area contributed by atoms with Crippen LogP contribution in [0.15, 0.2) is 23.7 Å². The summed E-state index contributed by atoms with van der Waals surface area (Å²) in [4.78, 5) is 32.9. The van der Waals surface area contributed by atoms with Gasteiger partial charge in [-0.2, -0.15) is 0 Å². The molecule has 1 fully saturated rings. The van der Waals surface area contributed by atoms with Crippen LogP contribution in [0, 0.1) is 0 Å². The summed E-state index contributed by atoms with van der Waals surface area (Å²) in [6.45, 7) is 3.19. The number of anilines is 1. The van der Waals surface area contributed by atoms with Crippen molar-refractivity contribution in [2.24, 2.45) is 0 Å². The molecule has 3 heterocycles. The normalized spacial score (nSPS) is 17.3. The van der Waals surface area contributed by atoms with Crippen LogP contribution in [-0.2, 0) is 17.8 Å². The van der Waals surface area contributed by atoms with Gasteiger partial charge < -0.3 is 16.0 Å². The molecule has 26 heavy (non-hydrogen) atoms. The maximum Gasteiger partial charge on any atom is 0.253 e. The van der Waals surface area contributed by atoms with Crippen LogP contribution in [-0.4, -0.2) is 34.4 Å². The molecule has 0 aliphatic carbocycles. The summed E-state index contributed by atoms with van der Waals surface area (Å²) < 4.78 is 0. The molecule has 1 aliphatic rings. The Morgan fingerprint density at radius 1 is 1.38 bits per heavy atom. The molecule has 0 aromatic carbocycles. The van der Waals surface area contributed by atoms with E-state index < -0.39 is 0 Å². The number of nitrogens with zero attached hydrogens (tertiary/aromatic N) is 2. The Morgan fingerprint density at radius 2 is 2.27 bits per heavy atom. The van der Waals surface area contributed by atoms with Gasteiger partial charge in [0.1, 0.15) is 16.9 Å². The van der Waals surface area contributed by atoms with Crippen LogP contribution in [0.3, 0.4) is 0 Å². The quantitative estimate of drug-likeness (QED) is 0.721. The molecule has 1 saturated heterocycles. The van der Waals surface area contributed by atoms with Crippen LogP contribution < -0.4 is 16.0 Å². The van der Waals surface area contributed by atoms with Crippen LogP contribution in [0.1, 0.15) is 47.2 Å². The third-order valence-corrected chi connectivity index (χ3v) is 5.14. The van der Waals surface area contributed by atoms with E-state index in [0.29, 0.717) is 17.9 Å². The number of amides is 2. The molecule has 3 rings (SSSR count). The number of rotatable bonds is 6. The Bertz CT molecular complexity index is 759. The number of carbonyl (C=O) groups excluding carboxylic acids is 2. The van der Waals surface area contributed by atoms with E-state index in [9.17, 15) is 9.59 Å². The van der Waals surface area contributed by atoms with E-state index >= 15 is 0 Å². The van der Waals surface area contributed by atoms with E-state index in [2.05, 4.69) is 32.8 Å². The second-order valence-corrected chi connectivity index (χ2v) is 7.13. The molecule has 0 saturated carbocycles. The highest BCUT2D eigenvalue weighted by atomic mass is 32.1. The van der Waals surface area contributed by atoms with Gasteiger partial charge in [-0.15, -0.1) is 11.3 Å². The molecule has 2 amide bonds. The average Bonchev–Trinajstić information content (AvgIpc) is 3.04. The van der Waals surface area contributed by atoms with Crippen LogP contribution in [0.25, 0.3) is 0 Å². The van der Waals surface area contributed by atoms with Crippen LogP contribution >= 0.6 is 11.3 Å². The summed E-state index contributed by atoms with van der Waals surface area (Å²) in [5.74, 6) is 0.404. The first-order chi connectivity index (χ1) is 12.7. The Morgan fingerprint density at radius 3 is 3.00 bits per heavy atom. The summed E-state index contributed by atoms with van der Waals surface area (Å²) in [5, 5.41) is 11.8. The second kappa shape index (κ2) is 8.75. The second-order valence-electron chi connectivity index (χ2n) is 6.18. The van der Waals surface area contributed by atoms with E-state index in [1.165, 1.54) is 6.20 Å². The van der Waals surface area contributed by atoms with Crippen molar-refractivity contribution >= 4 is 29.0 Å². The Hall–Kier alpha value is -2.48. The lowest BCUT2D eigenvalue weighted by Gasteiger charge is -2.15. The van der Waals surface area contributed by atoms with Gasteiger partial charge in [-0.05, 0) is 37.8 Å². The minimum Gasteiger partial charge on any atom is -0.358 e. The fourth-order valence-corrected chi connectivity index (χ4v) is 3.54. The number of hydrogen-bond donors (Lipinski definition) is 3. The monoisotopic (exact) mass is 373 g/mol. The summed E-state index contributed by atoms with van der Waals surface area (Å²) >= 11 is 1.55. The summed E-state index contributed by atoms with van der Waals surface area (Å²) in [7, 11) is 0. The molecular formula is C18H23N5O2S. The largest absolute Gasteiger partial charge is 0.358 e. The standard InChI is InChI=1S/C18H23N5O2S/c1-2-13-11-26-16(22-13)10-21-17(24)12-6-7-15(20-9-12)23-14-5-3-4-8-19-18(14)25/h6-7,9,11,14H,2-5,8,10H2,1H3,(H,19,25)(H,20,23)(H,21,24)/t14-/m0/s1. The molecule has 2 aromatic rings. The van der Waals surface area contributed by atoms with Gasteiger partial charge in [0.05, 0.1) is 17.8 Å². The van der Waals surface area contributed by atoms with Gasteiger partial charge in [0.15, 0.2) is 0 Å². The highest BCUT2D eigenvalue weighted by Gasteiger charge is 2.20. The molecule has 2 aromatic heterocycles. The molecule has 0 bridgehead atoms. The van der Waals surface area contributed by atoms with E-state index in [-0.39, 0.29) is 17.9 Å². The highest BCUT2D eigenvalue weighted by molar-refractivity contribution is 7.09. The lowest BCUT2D eigenvalue weighted by atomic mass is 10.1. The van der Waals surface area contributed by atoms with Gasteiger partial charge in [-0.25, -0.2) is 9.97 Å². The number of thiazole rings is 1. The molecule has 8 heteroatoms. The molecule has 0 radical (unpaired) electrons. The minimum absolute atomic E-state index is 0.000941. The van der Waals surface area contributed by atoms with Gasteiger partial charge >= 0.3 is 0 Å². The number of aromatic nitrogens is 2. The van der Waals surface area contributed by atoms with Crippen molar-refractivity contribution in [1.29, 1.82) is 0 Å². The zero-order valence-corrected chi connectivity index (χ0v) is 15.6. The maximum absolute atomic E-state index is 12.2. The van der Waals surface area contributed by atoms with Crippen molar-refractivity contribution in [1.82, 2.24) is 20.6 Å². The minimum atomic E-state index is -0.276. The molecule has 1 atom stereocenters. The van der Waals surface area contributed by atoms with Gasteiger partial charge in [-0.3, -0.25) is 9.59 Å². The fraction of sp³-hybridized carbons (Fsp3) is 0.444. The van der Waals surface area contributed by atoms with Crippen molar-refractivity contribution in [3.63, 3.8) is 0 Å². The van der Waals surface area contributed by atoms with Gasteiger partial charge in [0.25, 0.3) is 5.91 Å². The fourth-order valence-electron chi connectivity index (χ4n) is 2.72. The topological polar surface area (TPSA) is 96.0 Å². The smallest absolute Gasteiger partial charge is 0.253 e. The lowest BCUT2D eigenvalue weighted by molar-refractivity contribution is -0.121. The zero-order chi connectivity index (χ0) is 18.4. The Labute approximate surface area is 156 Å². The van der Waals surface area contributed by atoms with Crippen molar-refractivity contribution < 1.29 is 9.59 Å². The van der Waals surface area contributed by atoms with E-state index in [0.717, 1.165) is 42.9 Å². The van der Waals surface area contributed by atoms with E-state index in [4.69, 9.17) is 0 Å². The summed E-state index contributed by atoms with van der Waals surface area (Å²) in [6.07, 6.45) is 5.18. The van der Waals surface area contributed by atoms with E-state index in [1.54, 1.807) is 23.5 Å². The van der Waals surface area contributed by atoms with Crippen molar-refractivity contribution in [2.45, 2.75) is 45.2 Å². The Kier molecular flexibility index (Phi) is 6.17. The van der Waals surface area contributed by atoms with Crippen LogP contribution in [0.2, 0.25) is 0 Å². The number of carbonyl (C=O) groups is 2. The lowest BCUT2D eigenvalue weighted by Crippen LogP contribution is -2.38. The van der Waals surface area contributed by atoms with Crippen molar-refractivity contribution in [2.75, 3.05) is 11.9 Å². The first kappa shape index (κ1) is 18.3.